The highest BCUT2D eigenvalue weighted by molar-refractivity contribution is 4.97. The highest BCUT2D eigenvalue weighted by atomic mass is 15.4. The molecule has 0 aromatic heterocycles. The lowest BCUT2D eigenvalue weighted by Gasteiger charge is -2.45. The summed E-state index contributed by atoms with van der Waals surface area (Å²) in [6, 6.07) is 0. The molecule has 58 valence electrons. The third-order valence-electron chi connectivity index (χ3n) is 3.03. The smallest absolute Gasteiger partial charge is 0.0198 e. The van der Waals surface area contributed by atoms with Crippen molar-refractivity contribution in [3.8, 4) is 0 Å². The molecule has 0 bridgehead atoms. The summed E-state index contributed by atoms with van der Waals surface area (Å²) in [6.07, 6.45) is 4.26. The molecule has 1 aliphatic heterocycles. The van der Waals surface area contributed by atoms with Crippen molar-refractivity contribution in [2.45, 2.75) is 26.2 Å². The monoisotopic (exact) mass is 140 g/mol. The molecule has 1 saturated heterocycles. The molecule has 2 fully saturated rings. The maximum Gasteiger partial charge on any atom is 0.0198 e. The lowest BCUT2D eigenvalue weighted by atomic mass is 9.79. The zero-order valence-electron chi connectivity index (χ0n) is 6.64. The molecule has 2 rings (SSSR count). The topological polar surface area (TPSA) is 29.3 Å². The summed E-state index contributed by atoms with van der Waals surface area (Å²) >= 11 is 0. The molecule has 1 atom stereocenters. The van der Waals surface area contributed by atoms with Crippen LogP contribution in [0.4, 0.5) is 0 Å². The summed E-state index contributed by atoms with van der Waals surface area (Å²) in [5, 5.41) is 1.94. The highest BCUT2D eigenvalue weighted by Gasteiger charge is 2.45. The minimum absolute atomic E-state index is 0.661. The van der Waals surface area contributed by atoms with E-state index in [1.807, 2.05) is 5.01 Å². The Morgan fingerprint density at radius 1 is 1.50 bits per heavy atom. The van der Waals surface area contributed by atoms with Crippen LogP contribution in [0.1, 0.15) is 26.2 Å². The van der Waals surface area contributed by atoms with Crippen LogP contribution in [-0.4, -0.2) is 18.1 Å². The molecule has 2 N–H and O–H groups in total. The Balaban J connectivity index is 1.95. The molecular formula is C8H16N2. The first-order chi connectivity index (χ1) is 4.70. The first-order valence-corrected chi connectivity index (χ1v) is 4.20. The van der Waals surface area contributed by atoms with Crippen LogP contribution in [-0.2, 0) is 0 Å². The molecule has 0 radical (unpaired) electrons. The zero-order chi connectivity index (χ0) is 7.19. The molecule has 1 saturated carbocycles. The molecule has 2 aliphatic rings. The predicted octanol–water partition coefficient (Wildman–Crippen LogP) is 0.982. The van der Waals surface area contributed by atoms with Gasteiger partial charge in [0.25, 0.3) is 0 Å². The first-order valence-electron chi connectivity index (χ1n) is 4.20. The average Bonchev–Trinajstić information content (AvgIpc) is 2.10. The van der Waals surface area contributed by atoms with Crippen LogP contribution < -0.4 is 5.84 Å². The standard InChI is InChI=1S/C8H16N2/c1-7-2-3-8(4-7)5-10(9)6-8/h7H,2-6,9H2,1H3. The number of hydrogen-bond donors (Lipinski definition) is 1. The van der Waals surface area contributed by atoms with E-state index in [2.05, 4.69) is 6.92 Å². The van der Waals surface area contributed by atoms with E-state index in [9.17, 15) is 0 Å². The normalized spacial score (nSPS) is 38.4. The van der Waals surface area contributed by atoms with Crippen molar-refractivity contribution < 1.29 is 0 Å². The fraction of sp³-hybridized carbons (Fsp3) is 1.00. The van der Waals surface area contributed by atoms with Crippen LogP contribution in [0, 0.1) is 11.3 Å². The second-order valence-corrected chi connectivity index (χ2v) is 4.25. The lowest BCUT2D eigenvalue weighted by molar-refractivity contribution is 0.00305. The fourth-order valence-corrected chi connectivity index (χ4v) is 2.60. The molecule has 2 heteroatoms. The van der Waals surface area contributed by atoms with Gasteiger partial charge in [0.15, 0.2) is 0 Å². The minimum atomic E-state index is 0.661. The van der Waals surface area contributed by atoms with Crippen molar-refractivity contribution >= 4 is 0 Å². The third-order valence-corrected chi connectivity index (χ3v) is 3.03. The number of nitrogens with zero attached hydrogens (tertiary/aromatic N) is 1. The highest BCUT2D eigenvalue weighted by Crippen LogP contribution is 2.46. The fourth-order valence-electron chi connectivity index (χ4n) is 2.60. The van der Waals surface area contributed by atoms with Crippen LogP contribution in [0.25, 0.3) is 0 Å². The first kappa shape index (κ1) is 6.62. The van der Waals surface area contributed by atoms with Gasteiger partial charge in [-0.3, -0.25) is 5.84 Å². The van der Waals surface area contributed by atoms with Gasteiger partial charge in [-0.05, 0) is 24.2 Å². The van der Waals surface area contributed by atoms with Crippen molar-refractivity contribution in [3.63, 3.8) is 0 Å². The number of hydrazine groups is 1. The van der Waals surface area contributed by atoms with Crippen molar-refractivity contribution in [2.75, 3.05) is 13.1 Å². The Bertz CT molecular complexity index is 133. The molecule has 1 spiro atoms. The van der Waals surface area contributed by atoms with E-state index >= 15 is 0 Å². The molecule has 10 heavy (non-hydrogen) atoms. The Morgan fingerprint density at radius 2 is 2.20 bits per heavy atom. The van der Waals surface area contributed by atoms with Gasteiger partial charge >= 0.3 is 0 Å². The van der Waals surface area contributed by atoms with Gasteiger partial charge in [0, 0.05) is 13.1 Å². The summed E-state index contributed by atoms with van der Waals surface area (Å²) in [6.45, 7) is 4.66. The van der Waals surface area contributed by atoms with Gasteiger partial charge in [0.2, 0.25) is 0 Å². The van der Waals surface area contributed by atoms with E-state index in [4.69, 9.17) is 5.84 Å². The predicted molar refractivity (Wildman–Crippen MR) is 41.2 cm³/mol. The number of rotatable bonds is 0. The van der Waals surface area contributed by atoms with Gasteiger partial charge in [-0.1, -0.05) is 13.3 Å². The maximum atomic E-state index is 5.61. The summed E-state index contributed by atoms with van der Waals surface area (Å²) < 4.78 is 0. The van der Waals surface area contributed by atoms with E-state index in [1.165, 1.54) is 19.3 Å². The minimum Gasteiger partial charge on any atom is -0.269 e. The molecule has 0 aromatic carbocycles. The lowest BCUT2D eigenvalue weighted by Crippen LogP contribution is -2.58. The second kappa shape index (κ2) is 1.95. The van der Waals surface area contributed by atoms with Crippen molar-refractivity contribution in [3.05, 3.63) is 0 Å². The summed E-state index contributed by atoms with van der Waals surface area (Å²) in [5.41, 5.74) is 0.661. The molecule has 0 aromatic rings. The number of hydrogen-bond acceptors (Lipinski definition) is 2. The van der Waals surface area contributed by atoms with E-state index in [0.29, 0.717) is 5.41 Å². The van der Waals surface area contributed by atoms with Crippen LogP contribution in [0.15, 0.2) is 0 Å². The van der Waals surface area contributed by atoms with Crippen molar-refractivity contribution in [1.82, 2.24) is 5.01 Å². The zero-order valence-corrected chi connectivity index (χ0v) is 6.64. The summed E-state index contributed by atoms with van der Waals surface area (Å²) in [4.78, 5) is 0. The van der Waals surface area contributed by atoms with Gasteiger partial charge in [0.05, 0.1) is 0 Å². The molecule has 0 amide bonds. The largest absolute Gasteiger partial charge is 0.269 e. The summed E-state index contributed by atoms with van der Waals surface area (Å²) in [7, 11) is 0. The van der Waals surface area contributed by atoms with Gasteiger partial charge < -0.3 is 0 Å². The summed E-state index contributed by atoms with van der Waals surface area (Å²) in [5.74, 6) is 6.56. The Hall–Kier alpha value is -0.0800. The van der Waals surface area contributed by atoms with Gasteiger partial charge in [-0.15, -0.1) is 0 Å². The van der Waals surface area contributed by atoms with E-state index in [1.54, 1.807) is 0 Å². The maximum absolute atomic E-state index is 5.61. The Labute approximate surface area is 62.4 Å². The van der Waals surface area contributed by atoms with Crippen LogP contribution in [0.5, 0.6) is 0 Å². The van der Waals surface area contributed by atoms with E-state index in [0.717, 1.165) is 19.0 Å². The average molecular weight is 140 g/mol. The van der Waals surface area contributed by atoms with E-state index < -0.39 is 0 Å². The molecule has 1 heterocycles. The molecule has 1 unspecified atom stereocenters. The Morgan fingerprint density at radius 3 is 2.60 bits per heavy atom. The van der Waals surface area contributed by atoms with Crippen molar-refractivity contribution in [1.29, 1.82) is 0 Å². The molecular weight excluding hydrogens is 124 g/mol. The van der Waals surface area contributed by atoms with Gasteiger partial charge in [-0.2, -0.15) is 0 Å². The van der Waals surface area contributed by atoms with Crippen molar-refractivity contribution in [2.24, 2.45) is 17.2 Å². The van der Waals surface area contributed by atoms with E-state index in [-0.39, 0.29) is 0 Å². The third kappa shape index (κ3) is 0.867. The Kier molecular flexibility index (Phi) is 1.29. The van der Waals surface area contributed by atoms with Crippen LogP contribution >= 0.6 is 0 Å². The molecule has 1 aliphatic carbocycles. The molecule has 2 nitrogen and oxygen atoms in total. The van der Waals surface area contributed by atoms with Gasteiger partial charge in [-0.25, -0.2) is 5.01 Å². The second-order valence-electron chi connectivity index (χ2n) is 4.25. The SMILES string of the molecule is CC1CCC2(C1)CN(N)C2. The number of nitrogens with two attached hydrogens (primary N) is 1. The van der Waals surface area contributed by atoms with Crippen LogP contribution in [0.3, 0.4) is 0 Å². The quantitative estimate of drug-likeness (QED) is 0.508. The van der Waals surface area contributed by atoms with Crippen LogP contribution in [0.2, 0.25) is 0 Å². The van der Waals surface area contributed by atoms with Gasteiger partial charge in [0.1, 0.15) is 0 Å².